The van der Waals surface area contributed by atoms with Crippen LogP contribution < -0.4 is 5.32 Å². The fourth-order valence-corrected chi connectivity index (χ4v) is 3.34. The number of hydrogen-bond acceptors (Lipinski definition) is 3. The van der Waals surface area contributed by atoms with Gasteiger partial charge in [0.15, 0.2) is 0 Å². The van der Waals surface area contributed by atoms with Crippen LogP contribution in [0.3, 0.4) is 0 Å². The van der Waals surface area contributed by atoms with Crippen molar-refractivity contribution in [2.45, 2.75) is 20.3 Å². The van der Waals surface area contributed by atoms with Crippen LogP contribution in [0.5, 0.6) is 0 Å². The number of likely N-dealkylation sites (N-methyl/N-ethyl adjacent to an activating group) is 1. The van der Waals surface area contributed by atoms with Crippen molar-refractivity contribution >= 4 is 27.7 Å². The van der Waals surface area contributed by atoms with Gasteiger partial charge in [0, 0.05) is 18.1 Å². The third-order valence-electron chi connectivity index (χ3n) is 4.04. The summed E-state index contributed by atoms with van der Waals surface area (Å²) in [6, 6.07) is 14.9. The van der Waals surface area contributed by atoms with Gasteiger partial charge in [-0.15, -0.1) is 0 Å². The summed E-state index contributed by atoms with van der Waals surface area (Å²) < 4.78 is 25.7. The predicted octanol–water partition coefficient (Wildman–Crippen LogP) is 3.43. The zero-order valence-corrected chi connectivity index (χ0v) is 16.1. The van der Waals surface area contributed by atoms with Gasteiger partial charge in [-0.05, 0) is 36.1 Å². The van der Waals surface area contributed by atoms with E-state index >= 15 is 0 Å². The van der Waals surface area contributed by atoms with Gasteiger partial charge in [-0.25, -0.2) is 8.42 Å². The van der Waals surface area contributed by atoms with E-state index in [2.05, 4.69) is 5.32 Å². The molecule has 0 aliphatic heterocycles. The van der Waals surface area contributed by atoms with Gasteiger partial charge in [0.25, 0.3) is 0 Å². The highest BCUT2D eigenvalue weighted by Gasteiger charge is 2.18. The Bertz CT molecular complexity index is 891. The smallest absolute Gasteiger partial charge is 0.239 e. The number of anilines is 1. The first-order valence-corrected chi connectivity index (χ1v) is 9.91. The minimum absolute atomic E-state index is 0.251. The summed E-state index contributed by atoms with van der Waals surface area (Å²) in [5, 5.41) is 3.95. The molecule has 0 aliphatic carbocycles. The molecule has 2 aromatic carbocycles. The molecule has 0 saturated heterocycles. The van der Waals surface area contributed by atoms with Gasteiger partial charge in [0.05, 0.1) is 6.54 Å². The van der Waals surface area contributed by atoms with Gasteiger partial charge in [-0.1, -0.05) is 55.5 Å². The van der Waals surface area contributed by atoms with Gasteiger partial charge in [0.1, 0.15) is 0 Å². The number of nitrogens with one attached hydrogen (secondary N) is 1. The maximum Gasteiger partial charge on any atom is 0.239 e. The lowest BCUT2D eigenvalue weighted by Gasteiger charge is -2.17. The van der Waals surface area contributed by atoms with Crippen LogP contribution in [-0.4, -0.2) is 32.2 Å². The second-order valence-electron chi connectivity index (χ2n) is 6.03. The van der Waals surface area contributed by atoms with Gasteiger partial charge in [-0.3, -0.25) is 4.79 Å². The minimum Gasteiger partial charge on any atom is -0.324 e. The zero-order valence-electron chi connectivity index (χ0n) is 15.3. The van der Waals surface area contributed by atoms with Crippen LogP contribution in [0.4, 0.5) is 5.69 Å². The number of benzene rings is 2. The van der Waals surface area contributed by atoms with E-state index in [1.807, 2.05) is 62.4 Å². The van der Waals surface area contributed by atoms with Crippen molar-refractivity contribution in [3.63, 3.8) is 0 Å². The average Bonchev–Trinajstić information content (AvgIpc) is 2.62. The first kappa shape index (κ1) is 19.9. The Hall–Kier alpha value is -2.44. The molecular weight excluding hydrogens is 348 g/mol. The summed E-state index contributed by atoms with van der Waals surface area (Å²) in [5.74, 6) is -0.367. The second-order valence-corrected chi connectivity index (χ2v) is 7.95. The SMILES string of the molecule is CCc1cccc(C)c1NC(=O)CN(C)S(=O)(=O)/C=C/c1ccccc1. The normalized spacial score (nSPS) is 11.8. The highest BCUT2D eigenvalue weighted by molar-refractivity contribution is 7.92. The third-order valence-corrected chi connectivity index (χ3v) is 5.52. The highest BCUT2D eigenvalue weighted by Crippen LogP contribution is 2.21. The molecule has 5 nitrogen and oxygen atoms in total. The lowest BCUT2D eigenvalue weighted by atomic mass is 10.1. The Balaban J connectivity index is 2.05. The van der Waals surface area contributed by atoms with Crippen LogP contribution >= 0.6 is 0 Å². The zero-order chi connectivity index (χ0) is 19.2. The highest BCUT2D eigenvalue weighted by atomic mass is 32.2. The fourth-order valence-electron chi connectivity index (χ4n) is 2.51. The summed E-state index contributed by atoms with van der Waals surface area (Å²) in [7, 11) is -2.29. The maximum absolute atomic E-state index is 12.3. The summed E-state index contributed by atoms with van der Waals surface area (Å²) in [5.41, 5.74) is 3.51. The molecule has 0 radical (unpaired) electrons. The number of hydrogen-bond donors (Lipinski definition) is 1. The van der Waals surface area contributed by atoms with Crippen LogP contribution in [0, 0.1) is 6.92 Å². The quantitative estimate of drug-likeness (QED) is 0.810. The number of para-hydroxylation sites is 1. The predicted molar refractivity (Wildman–Crippen MR) is 106 cm³/mol. The van der Waals surface area contributed by atoms with Crippen LogP contribution in [0.15, 0.2) is 53.9 Å². The van der Waals surface area contributed by atoms with E-state index in [0.717, 1.165) is 38.5 Å². The van der Waals surface area contributed by atoms with Crippen LogP contribution in [-0.2, 0) is 21.2 Å². The van der Waals surface area contributed by atoms with E-state index in [4.69, 9.17) is 0 Å². The minimum atomic E-state index is -3.68. The van der Waals surface area contributed by atoms with E-state index in [0.29, 0.717) is 0 Å². The van der Waals surface area contributed by atoms with Crippen molar-refractivity contribution < 1.29 is 13.2 Å². The molecule has 0 unspecified atom stereocenters. The lowest BCUT2D eigenvalue weighted by molar-refractivity contribution is -0.116. The number of amides is 1. The van der Waals surface area contributed by atoms with Gasteiger partial charge < -0.3 is 5.32 Å². The number of carbonyl (C=O) groups is 1. The number of carbonyl (C=O) groups excluding carboxylic acids is 1. The lowest BCUT2D eigenvalue weighted by Crippen LogP contribution is -2.34. The Morgan fingerprint density at radius 3 is 2.46 bits per heavy atom. The molecule has 6 heteroatoms. The van der Waals surface area contributed by atoms with Crippen LogP contribution in [0.1, 0.15) is 23.6 Å². The topological polar surface area (TPSA) is 66.5 Å². The third kappa shape index (κ3) is 5.28. The number of aryl methyl sites for hydroxylation is 2. The van der Waals surface area contributed by atoms with Crippen molar-refractivity contribution in [2.75, 3.05) is 18.9 Å². The number of sulfonamides is 1. The Kier molecular flexibility index (Phi) is 6.71. The van der Waals surface area contributed by atoms with E-state index in [1.165, 1.54) is 13.1 Å². The average molecular weight is 372 g/mol. The molecule has 0 fully saturated rings. The Morgan fingerprint density at radius 2 is 1.81 bits per heavy atom. The first-order chi connectivity index (χ1) is 12.3. The molecular formula is C20H24N2O3S. The number of rotatable bonds is 7. The number of nitrogens with zero attached hydrogens (tertiary/aromatic N) is 1. The van der Waals surface area contributed by atoms with E-state index < -0.39 is 10.0 Å². The molecule has 1 amide bonds. The van der Waals surface area contributed by atoms with E-state index in [1.54, 1.807) is 0 Å². The molecule has 0 atom stereocenters. The van der Waals surface area contributed by atoms with E-state index in [9.17, 15) is 13.2 Å². The molecule has 1 N–H and O–H groups in total. The molecule has 0 heterocycles. The van der Waals surface area contributed by atoms with Crippen molar-refractivity contribution in [2.24, 2.45) is 0 Å². The monoisotopic (exact) mass is 372 g/mol. The second kappa shape index (κ2) is 8.78. The molecule has 2 aromatic rings. The molecule has 2 rings (SSSR count). The van der Waals surface area contributed by atoms with Crippen LogP contribution in [0.2, 0.25) is 0 Å². The first-order valence-electron chi connectivity index (χ1n) is 8.41. The Labute approximate surface area is 155 Å². The fraction of sp³-hybridized carbons (Fsp3) is 0.250. The molecule has 138 valence electrons. The summed E-state index contributed by atoms with van der Waals surface area (Å²) in [6.07, 6.45) is 2.30. The Morgan fingerprint density at radius 1 is 1.12 bits per heavy atom. The van der Waals surface area contributed by atoms with Gasteiger partial charge in [-0.2, -0.15) is 4.31 Å². The molecule has 0 saturated carbocycles. The molecule has 26 heavy (non-hydrogen) atoms. The van der Waals surface area contributed by atoms with Crippen LogP contribution in [0.25, 0.3) is 6.08 Å². The summed E-state index contributed by atoms with van der Waals surface area (Å²) >= 11 is 0. The van der Waals surface area contributed by atoms with Gasteiger partial charge in [0.2, 0.25) is 15.9 Å². The van der Waals surface area contributed by atoms with Crippen molar-refractivity contribution in [3.05, 3.63) is 70.6 Å². The molecule has 0 spiro atoms. The van der Waals surface area contributed by atoms with Crippen molar-refractivity contribution in [3.8, 4) is 0 Å². The molecule has 0 bridgehead atoms. The van der Waals surface area contributed by atoms with E-state index in [-0.39, 0.29) is 12.5 Å². The largest absolute Gasteiger partial charge is 0.324 e. The molecule has 0 aliphatic rings. The summed E-state index contributed by atoms with van der Waals surface area (Å²) in [6.45, 7) is 3.67. The van der Waals surface area contributed by atoms with Gasteiger partial charge >= 0.3 is 0 Å². The summed E-state index contributed by atoms with van der Waals surface area (Å²) in [4.78, 5) is 12.3. The maximum atomic E-state index is 12.3. The van der Waals surface area contributed by atoms with Crippen molar-refractivity contribution in [1.82, 2.24) is 4.31 Å². The standard InChI is InChI=1S/C20H24N2O3S/c1-4-18-12-8-9-16(2)20(18)21-19(23)15-22(3)26(24,25)14-13-17-10-6-5-7-11-17/h5-14H,4,15H2,1-3H3,(H,21,23)/b14-13+. The molecule has 0 aromatic heterocycles. The van der Waals surface area contributed by atoms with Crippen molar-refractivity contribution in [1.29, 1.82) is 0 Å².